The van der Waals surface area contributed by atoms with Gasteiger partial charge in [0.05, 0.1) is 12.0 Å². The molecule has 37 heavy (non-hydrogen) atoms. The van der Waals surface area contributed by atoms with E-state index in [1.165, 1.54) is 19.2 Å². The average molecular weight is 515 g/mol. The van der Waals surface area contributed by atoms with Crippen LogP contribution in [0.2, 0.25) is 0 Å². The molecule has 2 N–H and O–H groups in total. The number of benzene rings is 4. The molecule has 7 nitrogen and oxygen atoms in total. The van der Waals surface area contributed by atoms with Crippen molar-refractivity contribution in [2.45, 2.75) is 17.4 Å². The summed E-state index contributed by atoms with van der Waals surface area (Å²) in [7, 11) is -2.75. The molecule has 0 aliphatic heterocycles. The molecule has 0 saturated heterocycles. The lowest BCUT2D eigenvalue weighted by Crippen LogP contribution is -2.42. The van der Waals surface area contributed by atoms with E-state index in [9.17, 15) is 18.0 Å². The summed E-state index contributed by atoms with van der Waals surface area (Å²) in [5, 5.41) is 2.85. The molecule has 1 atom stereocenters. The summed E-state index contributed by atoms with van der Waals surface area (Å²) in [6.45, 7) is 0. The van der Waals surface area contributed by atoms with Crippen molar-refractivity contribution in [3.05, 3.63) is 120 Å². The molecule has 0 fully saturated rings. The Bertz CT molecular complexity index is 1450. The zero-order valence-electron chi connectivity index (χ0n) is 20.1. The predicted molar refractivity (Wildman–Crippen MR) is 143 cm³/mol. The van der Waals surface area contributed by atoms with E-state index in [1.54, 1.807) is 48.5 Å². The average Bonchev–Trinajstić information content (AvgIpc) is 2.93. The third kappa shape index (κ3) is 6.69. The Labute approximate surface area is 216 Å². The third-order valence-corrected chi connectivity index (χ3v) is 7.23. The van der Waals surface area contributed by atoms with E-state index < -0.39 is 22.0 Å². The van der Waals surface area contributed by atoms with Gasteiger partial charge in [0, 0.05) is 11.3 Å². The molecule has 0 unspecified atom stereocenters. The molecule has 0 saturated carbocycles. The monoisotopic (exact) mass is 514 g/mol. The maximum absolute atomic E-state index is 13.0. The SMILES string of the molecule is COC(=O)[C@@H](Cc1ccccc1)NS(=O)(=O)c1ccc(-c2ccc(NC(=O)c3ccccc3)cc2)cc1. The minimum Gasteiger partial charge on any atom is -0.468 e. The van der Waals surface area contributed by atoms with Gasteiger partial charge in [0.15, 0.2) is 0 Å². The molecule has 8 heteroatoms. The van der Waals surface area contributed by atoms with Crippen LogP contribution in [-0.4, -0.2) is 33.4 Å². The summed E-state index contributed by atoms with van der Waals surface area (Å²) in [6.07, 6.45) is 0.165. The molecule has 0 aromatic heterocycles. The van der Waals surface area contributed by atoms with Crippen LogP contribution >= 0.6 is 0 Å². The highest BCUT2D eigenvalue weighted by Gasteiger charge is 2.26. The van der Waals surface area contributed by atoms with Gasteiger partial charge in [-0.2, -0.15) is 4.72 Å². The Morgan fingerprint density at radius 2 is 1.30 bits per heavy atom. The lowest BCUT2D eigenvalue weighted by molar-refractivity contribution is -0.142. The number of nitrogens with one attached hydrogen (secondary N) is 2. The van der Waals surface area contributed by atoms with Crippen LogP contribution in [-0.2, 0) is 26.0 Å². The highest BCUT2D eigenvalue weighted by molar-refractivity contribution is 7.89. The lowest BCUT2D eigenvalue weighted by Gasteiger charge is -2.17. The second kappa shape index (κ2) is 11.6. The van der Waals surface area contributed by atoms with Gasteiger partial charge in [-0.25, -0.2) is 8.42 Å². The van der Waals surface area contributed by atoms with Crippen molar-refractivity contribution in [2.24, 2.45) is 0 Å². The van der Waals surface area contributed by atoms with Gasteiger partial charge in [0.2, 0.25) is 10.0 Å². The molecule has 0 spiro atoms. The van der Waals surface area contributed by atoms with Gasteiger partial charge in [-0.05, 0) is 59.5 Å². The Hall–Kier alpha value is -4.27. The van der Waals surface area contributed by atoms with Gasteiger partial charge in [0.25, 0.3) is 5.91 Å². The van der Waals surface area contributed by atoms with Gasteiger partial charge >= 0.3 is 5.97 Å². The first-order valence-corrected chi connectivity index (χ1v) is 13.0. The summed E-state index contributed by atoms with van der Waals surface area (Å²) >= 11 is 0. The number of hydrogen-bond acceptors (Lipinski definition) is 5. The van der Waals surface area contributed by atoms with Crippen molar-refractivity contribution >= 4 is 27.6 Å². The Morgan fingerprint density at radius 3 is 1.86 bits per heavy atom. The van der Waals surface area contributed by atoms with Crippen LogP contribution in [0.4, 0.5) is 5.69 Å². The fourth-order valence-corrected chi connectivity index (χ4v) is 4.97. The zero-order valence-corrected chi connectivity index (χ0v) is 20.9. The minimum absolute atomic E-state index is 0.0324. The van der Waals surface area contributed by atoms with Gasteiger partial charge in [-0.1, -0.05) is 72.8 Å². The molecule has 188 valence electrons. The second-order valence-electron chi connectivity index (χ2n) is 8.31. The summed E-state index contributed by atoms with van der Waals surface area (Å²) in [5.41, 5.74) is 3.67. The molecule has 0 aliphatic rings. The van der Waals surface area contributed by atoms with Gasteiger partial charge in [-0.3, -0.25) is 9.59 Å². The molecular weight excluding hydrogens is 488 g/mol. The summed E-state index contributed by atoms with van der Waals surface area (Å²) < 4.78 is 33.3. The smallest absolute Gasteiger partial charge is 0.324 e. The van der Waals surface area contributed by atoms with Crippen LogP contribution < -0.4 is 10.0 Å². The number of hydrogen-bond donors (Lipinski definition) is 2. The molecule has 1 amide bonds. The zero-order chi connectivity index (χ0) is 26.3. The number of ether oxygens (including phenoxy) is 1. The maximum Gasteiger partial charge on any atom is 0.324 e. The van der Waals surface area contributed by atoms with Crippen LogP contribution in [0, 0.1) is 0 Å². The lowest BCUT2D eigenvalue weighted by atomic mass is 10.1. The van der Waals surface area contributed by atoms with Gasteiger partial charge in [0.1, 0.15) is 6.04 Å². The first-order chi connectivity index (χ1) is 17.9. The van der Waals surface area contributed by atoms with Crippen molar-refractivity contribution in [3.63, 3.8) is 0 Å². The van der Waals surface area contributed by atoms with Crippen molar-refractivity contribution in [2.75, 3.05) is 12.4 Å². The highest BCUT2D eigenvalue weighted by Crippen LogP contribution is 2.24. The fourth-order valence-electron chi connectivity index (χ4n) is 3.79. The summed E-state index contributed by atoms with van der Waals surface area (Å²) in [5.74, 6) is -0.864. The number of methoxy groups -OCH3 is 1. The minimum atomic E-state index is -3.98. The molecule has 4 aromatic carbocycles. The maximum atomic E-state index is 13.0. The van der Waals surface area contributed by atoms with E-state index in [4.69, 9.17) is 4.74 Å². The number of anilines is 1. The largest absolute Gasteiger partial charge is 0.468 e. The summed E-state index contributed by atoms with van der Waals surface area (Å²) in [4.78, 5) is 24.6. The first kappa shape index (κ1) is 25.8. The topological polar surface area (TPSA) is 102 Å². The van der Waals surface area contributed by atoms with E-state index in [0.29, 0.717) is 11.3 Å². The fraction of sp³-hybridized carbons (Fsp3) is 0.103. The van der Waals surface area contributed by atoms with E-state index in [-0.39, 0.29) is 17.2 Å². The number of carbonyl (C=O) groups is 2. The van der Waals surface area contributed by atoms with Crippen LogP contribution in [0.1, 0.15) is 15.9 Å². The normalized spacial score (nSPS) is 11.9. The van der Waals surface area contributed by atoms with Crippen LogP contribution in [0.25, 0.3) is 11.1 Å². The number of esters is 1. The molecular formula is C29H26N2O5S. The number of sulfonamides is 1. The van der Waals surface area contributed by atoms with Crippen molar-refractivity contribution in [3.8, 4) is 11.1 Å². The Balaban J connectivity index is 1.45. The van der Waals surface area contributed by atoms with E-state index in [2.05, 4.69) is 10.0 Å². The van der Waals surface area contributed by atoms with Crippen molar-refractivity contribution in [1.29, 1.82) is 0 Å². The van der Waals surface area contributed by atoms with Crippen LogP contribution in [0.5, 0.6) is 0 Å². The second-order valence-corrected chi connectivity index (χ2v) is 10.0. The molecule has 4 aromatic rings. The molecule has 0 radical (unpaired) electrons. The molecule has 4 rings (SSSR count). The van der Waals surface area contributed by atoms with Gasteiger partial charge < -0.3 is 10.1 Å². The van der Waals surface area contributed by atoms with Crippen molar-refractivity contribution in [1.82, 2.24) is 4.72 Å². The molecule has 0 aliphatic carbocycles. The number of rotatable bonds is 9. The van der Waals surface area contributed by atoms with E-state index in [1.807, 2.05) is 48.5 Å². The predicted octanol–water partition coefficient (Wildman–Crippen LogP) is 4.67. The Morgan fingerprint density at radius 1 is 0.757 bits per heavy atom. The Kier molecular flexibility index (Phi) is 8.12. The number of amides is 1. The van der Waals surface area contributed by atoms with Gasteiger partial charge in [-0.15, -0.1) is 0 Å². The first-order valence-electron chi connectivity index (χ1n) is 11.6. The van der Waals surface area contributed by atoms with E-state index in [0.717, 1.165) is 16.7 Å². The van der Waals surface area contributed by atoms with Crippen LogP contribution in [0.15, 0.2) is 114 Å². The standard InChI is InChI=1S/C29H26N2O5S/c1-36-29(33)27(20-21-8-4-2-5-9-21)31-37(34,35)26-18-14-23(15-19-26)22-12-16-25(17-13-22)30-28(32)24-10-6-3-7-11-24/h2-19,27,31H,20H2,1H3,(H,30,32)/t27-/m1/s1. The van der Waals surface area contributed by atoms with Crippen LogP contribution in [0.3, 0.4) is 0 Å². The summed E-state index contributed by atoms with van der Waals surface area (Å²) in [6, 6.07) is 30.6. The quantitative estimate of drug-likeness (QED) is 0.316. The molecule has 0 heterocycles. The number of carbonyl (C=O) groups excluding carboxylic acids is 2. The van der Waals surface area contributed by atoms with E-state index >= 15 is 0 Å². The van der Waals surface area contributed by atoms with Crippen molar-refractivity contribution < 1.29 is 22.7 Å². The molecule has 0 bridgehead atoms. The third-order valence-electron chi connectivity index (χ3n) is 5.74. The highest BCUT2D eigenvalue weighted by atomic mass is 32.2.